The molecule has 22 heavy (non-hydrogen) atoms. The highest BCUT2D eigenvalue weighted by atomic mass is 16.5. The van der Waals surface area contributed by atoms with Crippen molar-refractivity contribution in [1.82, 2.24) is 10.6 Å². The van der Waals surface area contributed by atoms with Crippen LogP contribution in [0.4, 0.5) is 4.79 Å². The normalized spacial score (nSPS) is 11.5. The van der Waals surface area contributed by atoms with Gasteiger partial charge in [-0.1, -0.05) is 30.3 Å². The lowest BCUT2D eigenvalue weighted by Crippen LogP contribution is -2.44. The molecule has 0 saturated heterocycles. The van der Waals surface area contributed by atoms with E-state index in [1.54, 1.807) is 18.2 Å². The van der Waals surface area contributed by atoms with E-state index in [0.29, 0.717) is 17.6 Å². The van der Waals surface area contributed by atoms with Gasteiger partial charge in [-0.05, 0) is 23.8 Å². The second kappa shape index (κ2) is 6.71. The van der Waals surface area contributed by atoms with Crippen LogP contribution in [-0.2, 0) is 4.79 Å². The molecule has 1 atom stereocenters. The summed E-state index contributed by atoms with van der Waals surface area (Å²) in [5.41, 5.74) is 0.373. The number of amides is 3. The van der Waals surface area contributed by atoms with Crippen LogP contribution in [0, 0.1) is 0 Å². The molecule has 0 fully saturated rings. The van der Waals surface area contributed by atoms with Gasteiger partial charge in [-0.15, -0.1) is 0 Å². The number of carbonyl (C=O) groups is 3. The zero-order valence-corrected chi connectivity index (χ0v) is 12.3. The summed E-state index contributed by atoms with van der Waals surface area (Å²) >= 11 is 0. The molecule has 0 saturated carbocycles. The molecule has 0 aliphatic heterocycles. The Hall–Kier alpha value is -2.89. The van der Waals surface area contributed by atoms with Crippen LogP contribution < -0.4 is 15.4 Å². The monoisotopic (exact) mass is 300 g/mol. The summed E-state index contributed by atoms with van der Waals surface area (Å²) < 4.78 is 5.53. The number of fused-ring (bicyclic) bond motifs is 1. The van der Waals surface area contributed by atoms with E-state index < -0.39 is 18.0 Å². The zero-order valence-electron chi connectivity index (χ0n) is 12.3. The molecule has 0 aromatic heterocycles. The van der Waals surface area contributed by atoms with Gasteiger partial charge in [0.15, 0.2) is 12.4 Å². The summed E-state index contributed by atoms with van der Waals surface area (Å²) in [6, 6.07) is 10.2. The number of rotatable bonds is 4. The van der Waals surface area contributed by atoms with Crippen molar-refractivity contribution < 1.29 is 19.1 Å². The van der Waals surface area contributed by atoms with Crippen molar-refractivity contribution in [3.63, 3.8) is 0 Å². The van der Waals surface area contributed by atoms with Gasteiger partial charge in [0.2, 0.25) is 0 Å². The number of benzene rings is 2. The molecule has 0 unspecified atom stereocenters. The maximum atomic E-state index is 11.8. The van der Waals surface area contributed by atoms with E-state index in [0.717, 1.165) is 10.8 Å². The fourth-order valence-electron chi connectivity index (χ4n) is 2.02. The van der Waals surface area contributed by atoms with Gasteiger partial charge in [0.1, 0.15) is 5.75 Å². The van der Waals surface area contributed by atoms with E-state index in [1.807, 2.05) is 18.2 Å². The van der Waals surface area contributed by atoms with Crippen LogP contribution >= 0.6 is 0 Å². The molecule has 2 aromatic carbocycles. The van der Waals surface area contributed by atoms with Crippen molar-refractivity contribution >= 4 is 29.0 Å². The average Bonchev–Trinajstić information content (AvgIpc) is 2.54. The molecule has 6 nitrogen and oxygen atoms in total. The second-order valence-corrected chi connectivity index (χ2v) is 4.64. The minimum atomic E-state index is -0.919. The SMILES string of the molecule is CNC(=O)NC(=O)[C@H](C)Oc1ccc2ccccc2c1C=O. The van der Waals surface area contributed by atoms with Gasteiger partial charge in [0.05, 0.1) is 5.56 Å². The van der Waals surface area contributed by atoms with E-state index in [-0.39, 0.29) is 0 Å². The lowest BCUT2D eigenvalue weighted by atomic mass is 10.0. The third-order valence-electron chi connectivity index (χ3n) is 3.19. The number of carbonyl (C=O) groups excluding carboxylic acids is 3. The molecule has 0 spiro atoms. The first-order valence-electron chi connectivity index (χ1n) is 6.73. The maximum absolute atomic E-state index is 11.8. The standard InChI is InChI=1S/C16H16N2O4/c1-10(15(20)18-16(21)17-2)22-14-8-7-11-5-3-4-6-12(11)13(14)9-19/h3-10H,1-2H3,(H2,17,18,20,21)/t10-/m0/s1. The van der Waals surface area contributed by atoms with Crippen molar-refractivity contribution in [2.45, 2.75) is 13.0 Å². The number of aldehydes is 1. The van der Waals surface area contributed by atoms with Crippen LogP contribution in [0.1, 0.15) is 17.3 Å². The average molecular weight is 300 g/mol. The molecule has 0 aliphatic rings. The van der Waals surface area contributed by atoms with Crippen molar-refractivity contribution in [3.05, 3.63) is 42.0 Å². The second-order valence-electron chi connectivity index (χ2n) is 4.64. The summed E-state index contributed by atoms with van der Waals surface area (Å²) in [5.74, 6) is -0.294. The third-order valence-corrected chi connectivity index (χ3v) is 3.19. The zero-order chi connectivity index (χ0) is 16.1. The van der Waals surface area contributed by atoms with Crippen molar-refractivity contribution in [2.24, 2.45) is 0 Å². The van der Waals surface area contributed by atoms with Crippen LogP contribution in [-0.4, -0.2) is 31.4 Å². The predicted octanol–water partition coefficient (Wildman–Crippen LogP) is 1.88. The Morgan fingerprint density at radius 3 is 2.59 bits per heavy atom. The Morgan fingerprint density at radius 2 is 1.91 bits per heavy atom. The Kier molecular flexibility index (Phi) is 4.73. The fourth-order valence-corrected chi connectivity index (χ4v) is 2.02. The largest absolute Gasteiger partial charge is 0.480 e. The summed E-state index contributed by atoms with van der Waals surface area (Å²) in [5, 5.41) is 6.05. The van der Waals surface area contributed by atoms with Crippen LogP contribution in [0.3, 0.4) is 0 Å². The number of nitrogens with one attached hydrogen (secondary N) is 2. The molecular formula is C16H16N2O4. The summed E-state index contributed by atoms with van der Waals surface area (Å²) in [6.07, 6.45) is -0.224. The highest BCUT2D eigenvalue weighted by Crippen LogP contribution is 2.27. The van der Waals surface area contributed by atoms with E-state index in [4.69, 9.17) is 4.74 Å². The van der Waals surface area contributed by atoms with Crippen molar-refractivity contribution in [3.8, 4) is 5.75 Å². The molecule has 0 aliphatic carbocycles. The van der Waals surface area contributed by atoms with Gasteiger partial charge in [0, 0.05) is 7.05 Å². The Bertz CT molecular complexity index is 727. The number of imide groups is 1. The van der Waals surface area contributed by atoms with Gasteiger partial charge >= 0.3 is 6.03 Å². The molecule has 0 bridgehead atoms. The number of hydrogen-bond donors (Lipinski definition) is 2. The lowest BCUT2D eigenvalue weighted by molar-refractivity contribution is -0.126. The first-order valence-corrected chi connectivity index (χ1v) is 6.73. The van der Waals surface area contributed by atoms with Crippen molar-refractivity contribution in [2.75, 3.05) is 7.05 Å². The van der Waals surface area contributed by atoms with E-state index in [1.165, 1.54) is 14.0 Å². The van der Waals surface area contributed by atoms with E-state index in [2.05, 4.69) is 10.6 Å². The summed E-state index contributed by atoms with van der Waals surface area (Å²) in [4.78, 5) is 34.3. The maximum Gasteiger partial charge on any atom is 0.321 e. The smallest absolute Gasteiger partial charge is 0.321 e. The lowest BCUT2D eigenvalue weighted by Gasteiger charge is -2.16. The Balaban J connectivity index is 2.26. The van der Waals surface area contributed by atoms with Gasteiger partial charge < -0.3 is 10.1 Å². The predicted molar refractivity (Wildman–Crippen MR) is 82.0 cm³/mol. The number of ether oxygens (including phenoxy) is 1. The molecule has 3 amide bonds. The Morgan fingerprint density at radius 1 is 1.18 bits per heavy atom. The van der Waals surface area contributed by atoms with Crippen LogP contribution in [0.15, 0.2) is 36.4 Å². The van der Waals surface area contributed by atoms with E-state index in [9.17, 15) is 14.4 Å². The van der Waals surface area contributed by atoms with Crippen LogP contribution in [0.5, 0.6) is 5.75 Å². The first kappa shape index (κ1) is 15.5. The van der Waals surface area contributed by atoms with Gasteiger partial charge in [-0.25, -0.2) is 4.79 Å². The highest BCUT2D eigenvalue weighted by molar-refractivity contribution is 6.01. The number of hydrogen-bond acceptors (Lipinski definition) is 4. The van der Waals surface area contributed by atoms with Crippen LogP contribution in [0.25, 0.3) is 10.8 Å². The molecule has 6 heteroatoms. The molecule has 114 valence electrons. The first-order chi connectivity index (χ1) is 10.6. The van der Waals surface area contributed by atoms with Gasteiger partial charge in [-0.3, -0.25) is 14.9 Å². The van der Waals surface area contributed by atoms with Crippen molar-refractivity contribution in [1.29, 1.82) is 0 Å². The van der Waals surface area contributed by atoms with E-state index >= 15 is 0 Å². The topological polar surface area (TPSA) is 84.5 Å². The summed E-state index contributed by atoms with van der Waals surface area (Å²) in [7, 11) is 1.40. The fraction of sp³-hybridized carbons (Fsp3) is 0.188. The minimum Gasteiger partial charge on any atom is -0.480 e. The van der Waals surface area contributed by atoms with Gasteiger partial charge in [0.25, 0.3) is 5.91 Å². The highest BCUT2D eigenvalue weighted by Gasteiger charge is 2.19. The molecular weight excluding hydrogens is 284 g/mol. The Labute approximate surface area is 127 Å². The molecule has 2 rings (SSSR count). The molecule has 0 radical (unpaired) electrons. The molecule has 2 aromatic rings. The third kappa shape index (κ3) is 3.22. The molecule has 0 heterocycles. The quantitative estimate of drug-likeness (QED) is 0.844. The van der Waals surface area contributed by atoms with Crippen LogP contribution in [0.2, 0.25) is 0 Å². The molecule has 2 N–H and O–H groups in total. The minimum absolute atomic E-state index is 0.299. The summed E-state index contributed by atoms with van der Waals surface area (Å²) in [6.45, 7) is 1.50. The van der Waals surface area contributed by atoms with Gasteiger partial charge in [-0.2, -0.15) is 0 Å². The number of urea groups is 1.